The Balaban J connectivity index is 1.48. The molecular weight excluding hydrogens is 476 g/mol. The summed E-state index contributed by atoms with van der Waals surface area (Å²) < 4.78 is 50.4. The highest BCUT2D eigenvalue weighted by Gasteiger charge is 2.31. The van der Waals surface area contributed by atoms with Gasteiger partial charge in [0.25, 0.3) is 15.9 Å². The smallest absolute Gasteiger partial charge is 0.341 e. The predicted octanol–water partition coefficient (Wildman–Crippen LogP) is 2.44. The Morgan fingerprint density at radius 3 is 2.40 bits per heavy atom. The number of anilines is 1. The fourth-order valence-corrected chi connectivity index (χ4v) is 5.13. The molecule has 0 radical (unpaired) electrons. The van der Waals surface area contributed by atoms with Crippen molar-refractivity contribution in [2.75, 3.05) is 31.0 Å². The van der Waals surface area contributed by atoms with Gasteiger partial charge in [0, 0.05) is 19.2 Å². The number of benzene rings is 2. The molecule has 188 valence electrons. The van der Waals surface area contributed by atoms with E-state index in [4.69, 9.17) is 18.9 Å². The molecule has 3 atom stereocenters. The lowest BCUT2D eigenvalue weighted by Gasteiger charge is -2.36. The number of carbonyl (C=O) groups excluding carboxylic acids is 2. The van der Waals surface area contributed by atoms with Gasteiger partial charge in [-0.2, -0.15) is 0 Å². The van der Waals surface area contributed by atoms with Crippen LogP contribution in [0, 0.1) is 0 Å². The number of ether oxygens (including phenoxy) is 4. The van der Waals surface area contributed by atoms with E-state index < -0.39 is 22.1 Å². The van der Waals surface area contributed by atoms with Crippen LogP contribution in [0.15, 0.2) is 47.4 Å². The van der Waals surface area contributed by atoms with Gasteiger partial charge in [0.2, 0.25) is 0 Å². The number of fused-ring (bicyclic) bond motifs is 1. The lowest BCUT2D eigenvalue weighted by atomic mass is 10.2. The standard InChI is InChI=1S/C24H28N2O8S/c1-15-13-26(14-16(2)33-15)23(27)17(3)34-24(28)19-6-4-5-7-20(19)25-35(29,30)18-8-9-21-22(12-18)32-11-10-31-21/h4-9,12,15-17,25H,10-11,13-14H2,1-3H3/t15-,16-,17-/m0/s1. The zero-order valence-electron chi connectivity index (χ0n) is 19.7. The topological polar surface area (TPSA) is 120 Å². The number of hydrogen-bond acceptors (Lipinski definition) is 8. The van der Waals surface area contributed by atoms with E-state index in [9.17, 15) is 18.0 Å². The van der Waals surface area contributed by atoms with Gasteiger partial charge in [0.15, 0.2) is 17.6 Å². The zero-order valence-corrected chi connectivity index (χ0v) is 20.5. The average molecular weight is 505 g/mol. The van der Waals surface area contributed by atoms with Gasteiger partial charge in [-0.05, 0) is 45.0 Å². The van der Waals surface area contributed by atoms with Crippen molar-refractivity contribution in [1.82, 2.24) is 4.90 Å². The van der Waals surface area contributed by atoms with Gasteiger partial charge in [0.1, 0.15) is 13.2 Å². The number of sulfonamides is 1. The normalized spacial score (nSPS) is 20.6. The van der Waals surface area contributed by atoms with Crippen molar-refractivity contribution >= 4 is 27.6 Å². The monoisotopic (exact) mass is 504 g/mol. The van der Waals surface area contributed by atoms with E-state index in [0.717, 1.165) is 0 Å². The van der Waals surface area contributed by atoms with Crippen molar-refractivity contribution in [1.29, 1.82) is 0 Å². The first-order valence-corrected chi connectivity index (χ1v) is 12.8. The fraction of sp³-hybridized carbons (Fsp3) is 0.417. The van der Waals surface area contributed by atoms with E-state index in [0.29, 0.717) is 37.8 Å². The molecule has 2 aliphatic rings. The molecule has 4 rings (SSSR count). The number of carbonyl (C=O) groups is 2. The molecule has 2 aliphatic heterocycles. The van der Waals surface area contributed by atoms with Gasteiger partial charge in [-0.3, -0.25) is 9.52 Å². The molecule has 0 unspecified atom stereocenters. The second-order valence-electron chi connectivity index (χ2n) is 8.50. The molecule has 1 fully saturated rings. The molecule has 1 amide bonds. The lowest BCUT2D eigenvalue weighted by molar-refractivity contribution is -0.151. The van der Waals surface area contributed by atoms with Crippen LogP contribution in [-0.4, -0.2) is 69.8 Å². The molecule has 35 heavy (non-hydrogen) atoms. The predicted molar refractivity (Wildman–Crippen MR) is 126 cm³/mol. The minimum Gasteiger partial charge on any atom is -0.486 e. The minimum absolute atomic E-state index is 0.0167. The summed E-state index contributed by atoms with van der Waals surface area (Å²) in [5.41, 5.74) is 0.0117. The summed E-state index contributed by atoms with van der Waals surface area (Å²) in [6, 6.07) is 10.3. The highest BCUT2D eigenvalue weighted by Crippen LogP contribution is 2.33. The largest absolute Gasteiger partial charge is 0.486 e. The fourth-order valence-electron chi connectivity index (χ4n) is 4.03. The van der Waals surface area contributed by atoms with Crippen LogP contribution in [0.2, 0.25) is 0 Å². The number of nitrogens with one attached hydrogen (secondary N) is 1. The SMILES string of the molecule is C[C@H](OC(=O)c1ccccc1NS(=O)(=O)c1ccc2c(c1)OCCO2)C(=O)N1C[C@H](C)O[C@@H](C)C1. The molecule has 0 spiro atoms. The second-order valence-corrected chi connectivity index (χ2v) is 10.2. The van der Waals surface area contributed by atoms with Gasteiger partial charge < -0.3 is 23.8 Å². The molecule has 0 saturated carbocycles. The summed E-state index contributed by atoms with van der Waals surface area (Å²) in [6.45, 7) is 6.74. The Hall–Kier alpha value is -3.31. The van der Waals surface area contributed by atoms with Gasteiger partial charge in [-0.15, -0.1) is 0 Å². The average Bonchev–Trinajstić information content (AvgIpc) is 2.82. The van der Waals surface area contributed by atoms with Crippen LogP contribution in [0.25, 0.3) is 0 Å². The number of rotatable bonds is 6. The van der Waals surface area contributed by atoms with Gasteiger partial charge in [-0.1, -0.05) is 12.1 Å². The minimum atomic E-state index is -4.06. The Bertz CT molecular complexity index is 1210. The third kappa shape index (κ3) is 5.68. The van der Waals surface area contributed by atoms with E-state index in [-0.39, 0.29) is 34.3 Å². The summed E-state index contributed by atoms with van der Waals surface area (Å²) in [6.07, 6.45) is -1.30. The number of para-hydroxylation sites is 1. The molecule has 1 saturated heterocycles. The van der Waals surface area contributed by atoms with E-state index in [1.807, 2.05) is 13.8 Å². The van der Waals surface area contributed by atoms with Crippen molar-refractivity contribution < 1.29 is 37.0 Å². The Morgan fingerprint density at radius 1 is 1.03 bits per heavy atom. The lowest BCUT2D eigenvalue weighted by Crippen LogP contribution is -2.51. The summed E-state index contributed by atoms with van der Waals surface area (Å²) in [5.74, 6) is -0.372. The Kier molecular flexibility index (Phi) is 7.18. The number of nitrogens with zero attached hydrogens (tertiary/aromatic N) is 1. The van der Waals surface area contributed by atoms with E-state index in [2.05, 4.69) is 4.72 Å². The van der Waals surface area contributed by atoms with Gasteiger partial charge >= 0.3 is 5.97 Å². The maximum absolute atomic E-state index is 13.0. The molecule has 2 aromatic rings. The highest BCUT2D eigenvalue weighted by molar-refractivity contribution is 7.92. The molecule has 0 bridgehead atoms. The van der Waals surface area contributed by atoms with Crippen molar-refractivity contribution in [3.63, 3.8) is 0 Å². The molecule has 11 heteroatoms. The molecule has 0 aromatic heterocycles. The van der Waals surface area contributed by atoms with E-state index in [1.54, 1.807) is 17.0 Å². The van der Waals surface area contributed by atoms with Gasteiger partial charge in [-0.25, -0.2) is 13.2 Å². The Morgan fingerprint density at radius 2 is 1.69 bits per heavy atom. The van der Waals surface area contributed by atoms with Crippen molar-refractivity contribution in [2.45, 2.75) is 44.0 Å². The second kappa shape index (κ2) is 10.1. The van der Waals surface area contributed by atoms with Crippen molar-refractivity contribution in [3.8, 4) is 11.5 Å². The molecule has 10 nitrogen and oxygen atoms in total. The highest BCUT2D eigenvalue weighted by atomic mass is 32.2. The third-order valence-electron chi connectivity index (χ3n) is 5.58. The van der Waals surface area contributed by atoms with Crippen LogP contribution in [-0.2, 0) is 24.3 Å². The third-order valence-corrected chi connectivity index (χ3v) is 6.94. The summed E-state index contributed by atoms with van der Waals surface area (Å²) >= 11 is 0. The molecule has 2 heterocycles. The molecular formula is C24H28N2O8S. The number of amides is 1. The van der Waals surface area contributed by atoms with Gasteiger partial charge in [0.05, 0.1) is 28.4 Å². The van der Waals surface area contributed by atoms with Crippen molar-refractivity contribution in [3.05, 3.63) is 48.0 Å². The maximum atomic E-state index is 13.0. The maximum Gasteiger partial charge on any atom is 0.341 e. The zero-order chi connectivity index (χ0) is 25.2. The first-order chi connectivity index (χ1) is 16.6. The van der Waals surface area contributed by atoms with E-state index >= 15 is 0 Å². The summed E-state index contributed by atoms with van der Waals surface area (Å²) in [4.78, 5) is 27.3. The Labute approximate surface area is 204 Å². The number of morpholine rings is 1. The van der Waals surface area contributed by atoms with Crippen LogP contribution in [0.3, 0.4) is 0 Å². The number of hydrogen-bond donors (Lipinski definition) is 1. The molecule has 1 N–H and O–H groups in total. The summed E-state index contributed by atoms with van der Waals surface area (Å²) in [7, 11) is -4.06. The van der Waals surface area contributed by atoms with E-state index in [1.165, 1.54) is 37.3 Å². The molecule has 0 aliphatic carbocycles. The number of esters is 1. The molecule has 2 aromatic carbocycles. The van der Waals surface area contributed by atoms with Crippen LogP contribution in [0.5, 0.6) is 11.5 Å². The van der Waals surface area contributed by atoms with Crippen LogP contribution < -0.4 is 14.2 Å². The van der Waals surface area contributed by atoms with Crippen LogP contribution in [0.1, 0.15) is 31.1 Å². The van der Waals surface area contributed by atoms with Crippen LogP contribution in [0.4, 0.5) is 5.69 Å². The quantitative estimate of drug-likeness (QED) is 0.596. The van der Waals surface area contributed by atoms with Crippen LogP contribution >= 0.6 is 0 Å². The summed E-state index contributed by atoms with van der Waals surface area (Å²) in [5, 5.41) is 0. The van der Waals surface area contributed by atoms with Crippen molar-refractivity contribution in [2.24, 2.45) is 0 Å². The first kappa shape index (κ1) is 24.8. The first-order valence-electron chi connectivity index (χ1n) is 11.3.